The molecule has 2 rings (SSSR count). The molecule has 1 aliphatic carbocycles. The van der Waals surface area contributed by atoms with Gasteiger partial charge in [0.2, 0.25) is 0 Å². The molecule has 0 aromatic heterocycles. The van der Waals surface area contributed by atoms with Crippen molar-refractivity contribution in [2.75, 3.05) is 18.1 Å². The molecule has 0 heterocycles. The van der Waals surface area contributed by atoms with Crippen LogP contribution in [0, 0.1) is 10.1 Å². The van der Waals surface area contributed by atoms with Crippen LogP contribution in [0.3, 0.4) is 0 Å². The molecule has 1 saturated carbocycles. The molecule has 21 heavy (non-hydrogen) atoms. The lowest BCUT2D eigenvalue weighted by Crippen LogP contribution is -2.33. The Labute approximate surface area is 123 Å². The second kappa shape index (κ2) is 5.61. The Kier molecular flexibility index (Phi) is 4.20. The molecule has 1 aromatic rings. The predicted molar refractivity (Wildman–Crippen MR) is 78.1 cm³/mol. The van der Waals surface area contributed by atoms with Gasteiger partial charge in [0, 0.05) is 18.9 Å². The molecular formula is C13H18N2O5S. The van der Waals surface area contributed by atoms with Gasteiger partial charge in [-0.2, -0.15) is 0 Å². The molecule has 1 aliphatic rings. The summed E-state index contributed by atoms with van der Waals surface area (Å²) in [5.74, 6) is 0. The van der Waals surface area contributed by atoms with Crippen molar-refractivity contribution in [1.29, 1.82) is 0 Å². The molecule has 0 unspecified atom stereocenters. The number of hydrogen-bond acceptors (Lipinski definition) is 6. The molecular weight excluding hydrogens is 296 g/mol. The highest BCUT2D eigenvalue weighted by Crippen LogP contribution is 2.32. The Hall–Kier alpha value is -1.67. The Morgan fingerprint density at radius 1 is 1.38 bits per heavy atom. The first kappa shape index (κ1) is 15.7. The molecule has 2 N–H and O–H groups in total. The van der Waals surface area contributed by atoms with E-state index in [1.54, 1.807) is 0 Å². The summed E-state index contributed by atoms with van der Waals surface area (Å²) in [7, 11) is -3.50. The van der Waals surface area contributed by atoms with Gasteiger partial charge in [0.25, 0.3) is 5.69 Å². The fourth-order valence-electron chi connectivity index (χ4n) is 2.51. The summed E-state index contributed by atoms with van der Waals surface area (Å²) in [5, 5.41) is 24.2. The van der Waals surface area contributed by atoms with Crippen LogP contribution >= 0.6 is 0 Å². The summed E-state index contributed by atoms with van der Waals surface area (Å²) in [6.07, 6.45) is 4.20. The third-order valence-electron chi connectivity index (χ3n) is 3.74. The van der Waals surface area contributed by atoms with Crippen molar-refractivity contribution >= 4 is 21.2 Å². The Balaban J connectivity index is 2.25. The number of anilines is 1. The number of nitro benzene ring substituents is 1. The quantitative estimate of drug-likeness (QED) is 0.632. The molecule has 0 bridgehead atoms. The van der Waals surface area contributed by atoms with Crippen LogP contribution in [0.2, 0.25) is 0 Å². The SMILES string of the molecule is CS(=O)(=O)c1ccc(NCC2(O)CCCC2)c([N+](=O)[O-])c1. The van der Waals surface area contributed by atoms with Gasteiger partial charge in [-0.25, -0.2) is 8.42 Å². The molecule has 0 atom stereocenters. The minimum atomic E-state index is -3.50. The number of rotatable bonds is 5. The molecule has 0 radical (unpaired) electrons. The van der Waals surface area contributed by atoms with E-state index in [-0.39, 0.29) is 22.8 Å². The number of hydrogen-bond donors (Lipinski definition) is 2. The van der Waals surface area contributed by atoms with Crippen LogP contribution in [-0.2, 0) is 9.84 Å². The summed E-state index contributed by atoms with van der Waals surface area (Å²) in [5.41, 5.74) is -0.934. The first-order chi connectivity index (χ1) is 9.71. The topological polar surface area (TPSA) is 110 Å². The fraction of sp³-hybridized carbons (Fsp3) is 0.538. The van der Waals surface area contributed by atoms with E-state index in [0.29, 0.717) is 12.8 Å². The van der Waals surface area contributed by atoms with E-state index in [1.807, 2.05) is 0 Å². The van der Waals surface area contributed by atoms with E-state index in [4.69, 9.17) is 0 Å². The highest BCUT2D eigenvalue weighted by atomic mass is 32.2. The minimum absolute atomic E-state index is 0.0978. The first-order valence-electron chi connectivity index (χ1n) is 6.66. The van der Waals surface area contributed by atoms with Gasteiger partial charge in [0.05, 0.1) is 15.4 Å². The van der Waals surface area contributed by atoms with Crippen LogP contribution in [0.5, 0.6) is 0 Å². The standard InChI is InChI=1S/C13H18N2O5S/c1-21(19,20)10-4-5-11(12(8-10)15(17)18)14-9-13(16)6-2-3-7-13/h4-5,8,14,16H,2-3,6-7,9H2,1H3. The maximum atomic E-state index is 11.5. The Morgan fingerprint density at radius 2 is 2.00 bits per heavy atom. The number of sulfone groups is 1. The second-order valence-electron chi connectivity index (χ2n) is 5.49. The van der Waals surface area contributed by atoms with Crippen molar-refractivity contribution in [3.8, 4) is 0 Å². The van der Waals surface area contributed by atoms with Crippen molar-refractivity contribution < 1.29 is 18.4 Å². The summed E-state index contributed by atoms with van der Waals surface area (Å²) in [6, 6.07) is 3.73. The number of benzene rings is 1. The molecule has 0 saturated heterocycles. The maximum absolute atomic E-state index is 11.5. The fourth-order valence-corrected chi connectivity index (χ4v) is 3.15. The third kappa shape index (κ3) is 3.70. The molecule has 7 nitrogen and oxygen atoms in total. The van der Waals surface area contributed by atoms with Gasteiger partial charge in [0.1, 0.15) is 5.69 Å². The summed E-state index contributed by atoms with van der Waals surface area (Å²) in [6.45, 7) is 0.214. The van der Waals surface area contributed by atoms with Gasteiger partial charge < -0.3 is 10.4 Å². The monoisotopic (exact) mass is 314 g/mol. The highest BCUT2D eigenvalue weighted by molar-refractivity contribution is 7.90. The van der Waals surface area contributed by atoms with Crippen molar-refractivity contribution in [1.82, 2.24) is 0 Å². The van der Waals surface area contributed by atoms with E-state index in [0.717, 1.165) is 25.2 Å². The highest BCUT2D eigenvalue weighted by Gasteiger charge is 2.31. The lowest BCUT2D eigenvalue weighted by atomic mass is 10.0. The van der Waals surface area contributed by atoms with Crippen LogP contribution in [0.1, 0.15) is 25.7 Å². The lowest BCUT2D eigenvalue weighted by molar-refractivity contribution is -0.384. The Morgan fingerprint density at radius 3 is 2.52 bits per heavy atom. The van der Waals surface area contributed by atoms with E-state index >= 15 is 0 Å². The van der Waals surface area contributed by atoms with Gasteiger partial charge in [0.15, 0.2) is 9.84 Å². The summed E-state index contributed by atoms with van der Waals surface area (Å²) in [4.78, 5) is 10.4. The second-order valence-corrected chi connectivity index (χ2v) is 7.51. The lowest BCUT2D eigenvalue weighted by Gasteiger charge is -2.23. The smallest absolute Gasteiger partial charge is 0.293 e. The van der Waals surface area contributed by atoms with Crippen molar-refractivity contribution in [3.63, 3.8) is 0 Å². The zero-order valence-electron chi connectivity index (χ0n) is 11.7. The number of nitro groups is 1. The van der Waals surface area contributed by atoms with Crippen molar-refractivity contribution in [2.45, 2.75) is 36.2 Å². The molecule has 0 spiro atoms. The van der Waals surface area contributed by atoms with Crippen LogP contribution in [-0.4, -0.2) is 36.8 Å². The van der Waals surface area contributed by atoms with Crippen LogP contribution < -0.4 is 5.32 Å². The maximum Gasteiger partial charge on any atom is 0.293 e. The average molecular weight is 314 g/mol. The first-order valence-corrected chi connectivity index (χ1v) is 8.55. The van der Waals surface area contributed by atoms with Gasteiger partial charge in [-0.3, -0.25) is 10.1 Å². The average Bonchev–Trinajstić information content (AvgIpc) is 2.82. The van der Waals surface area contributed by atoms with E-state index in [1.165, 1.54) is 12.1 Å². The van der Waals surface area contributed by atoms with Crippen LogP contribution in [0.15, 0.2) is 23.1 Å². The van der Waals surface area contributed by atoms with Crippen molar-refractivity contribution in [2.24, 2.45) is 0 Å². The van der Waals surface area contributed by atoms with Gasteiger partial charge in [-0.1, -0.05) is 12.8 Å². The normalized spacial score (nSPS) is 17.6. The molecule has 8 heteroatoms. The predicted octanol–water partition coefficient (Wildman–Crippen LogP) is 1.72. The van der Waals surface area contributed by atoms with Crippen LogP contribution in [0.25, 0.3) is 0 Å². The molecule has 0 aliphatic heterocycles. The van der Waals surface area contributed by atoms with E-state index in [2.05, 4.69) is 5.32 Å². The van der Waals surface area contributed by atoms with Crippen molar-refractivity contribution in [3.05, 3.63) is 28.3 Å². The molecule has 1 aromatic carbocycles. The Bertz CT molecular complexity index is 651. The number of nitrogens with zero attached hydrogens (tertiary/aromatic N) is 1. The van der Waals surface area contributed by atoms with E-state index in [9.17, 15) is 23.6 Å². The van der Waals surface area contributed by atoms with Crippen LogP contribution in [0.4, 0.5) is 11.4 Å². The molecule has 116 valence electrons. The third-order valence-corrected chi connectivity index (χ3v) is 4.85. The molecule has 1 fully saturated rings. The van der Waals surface area contributed by atoms with Gasteiger partial charge >= 0.3 is 0 Å². The largest absolute Gasteiger partial charge is 0.388 e. The molecule has 0 amide bonds. The zero-order chi connectivity index (χ0) is 15.7. The van der Waals surface area contributed by atoms with Gasteiger partial charge in [-0.05, 0) is 25.0 Å². The number of nitrogens with one attached hydrogen (secondary N) is 1. The number of aliphatic hydroxyl groups is 1. The zero-order valence-corrected chi connectivity index (χ0v) is 12.5. The minimum Gasteiger partial charge on any atom is -0.388 e. The summed E-state index contributed by atoms with van der Waals surface area (Å²) >= 11 is 0. The van der Waals surface area contributed by atoms with E-state index < -0.39 is 20.4 Å². The summed E-state index contributed by atoms with van der Waals surface area (Å²) < 4.78 is 22.9. The van der Waals surface area contributed by atoms with Gasteiger partial charge in [-0.15, -0.1) is 0 Å².